The fourth-order valence-electron chi connectivity index (χ4n) is 5.06. The molecule has 2 aliphatic carbocycles. The summed E-state index contributed by atoms with van der Waals surface area (Å²) >= 11 is 0. The molecule has 0 heterocycles. The second-order valence-corrected chi connectivity index (χ2v) is 8.78. The molecule has 3 heteroatoms. The third kappa shape index (κ3) is 5.47. The maximum Gasteiger partial charge on any atom is 0.333 e. The predicted octanol–water partition coefficient (Wildman–Crippen LogP) is 4.96. The van der Waals surface area contributed by atoms with Gasteiger partial charge >= 0.3 is 5.97 Å². The smallest absolute Gasteiger partial charge is 0.333 e. The average molecular weight is 385 g/mol. The van der Waals surface area contributed by atoms with Gasteiger partial charge in [-0.3, -0.25) is 0 Å². The van der Waals surface area contributed by atoms with E-state index in [9.17, 15) is 9.90 Å². The zero-order chi connectivity index (χ0) is 19.9. The molecule has 154 valence electrons. The molecule has 0 amide bonds. The molecule has 1 unspecified atom stereocenters. The van der Waals surface area contributed by atoms with Crippen LogP contribution in [0.25, 0.3) is 0 Å². The first-order valence-corrected chi connectivity index (χ1v) is 11.2. The lowest BCUT2D eigenvalue weighted by atomic mass is 9.71. The number of aryl methyl sites for hydroxylation is 2. The van der Waals surface area contributed by atoms with Crippen molar-refractivity contribution in [1.29, 1.82) is 0 Å². The summed E-state index contributed by atoms with van der Waals surface area (Å²) in [7, 11) is 0. The van der Waals surface area contributed by atoms with E-state index in [2.05, 4.69) is 18.7 Å². The Bertz CT molecular complexity index is 685. The largest absolute Gasteiger partial charge is 0.462 e. The molecular weight excluding hydrogens is 348 g/mol. The van der Waals surface area contributed by atoms with E-state index in [-0.39, 0.29) is 12.6 Å². The summed E-state index contributed by atoms with van der Waals surface area (Å²) in [5.74, 6) is 1.44. The van der Waals surface area contributed by atoms with E-state index in [1.165, 1.54) is 73.6 Å². The van der Waals surface area contributed by atoms with Crippen molar-refractivity contribution >= 4 is 5.97 Å². The first-order chi connectivity index (χ1) is 13.6. The number of carbonyl (C=O) groups is 1. The predicted molar refractivity (Wildman–Crippen MR) is 113 cm³/mol. The Morgan fingerprint density at radius 3 is 2.50 bits per heavy atom. The zero-order valence-electron chi connectivity index (χ0n) is 17.5. The third-order valence-electron chi connectivity index (χ3n) is 6.66. The van der Waals surface area contributed by atoms with Gasteiger partial charge in [0.25, 0.3) is 0 Å². The Morgan fingerprint density at radius 2 is 1.79 bits per heavy atom. The molecule has 0 aromatic heterocycles. The number of hydrogen-bond acceptors (Lipinski definition) is 3. The number of benzene rings is 1. The van der Waals surface area contributed by atoms with Gasteiger partial charge in [0, 0.05) is 18.6 Å². The van der Waals surface area contributed by atoms with Gasteiger partial charge in [-0.15, -0.1) is 0 Å². The van der Waals surface area contributed by atoms with E-state index >= 15 is 0 Å². The van der Waals surface area contributed by atoms with E-state index in [0.29, 0.717) is 12.2 Å². The molecule has 1 fully saturated rings. The standard InChI is InChI=1S/C25H36O3/c1-18(2)25(27)28-14-12-23-17-24-16-21(19-7-4-3-5-8-19)10-11-22(24)15-20(23)9-6-13-26/h15,17,19,21,26H,1,3-14,16H2,2H3. The van der Waals surface area contributed by atoms with Crippen LogP contribution in [0.4, 0.5) is 0 Å². The normalized spacial score (nSPS) is 19.9. The van der Waals surface area contributed by atoms with Crippen LogP contribution in [0.15, 0.2) is 24.3 Å². The van der Waals surface area contributed by atoms with Gasteiger partial charge < -0.3 is 9.84 Å². The number of esters is 1. The Kier molecular flexibility index (Phi) is 7.73. The highest BCUT2D eigenvalue weighted by Gasteiger charge is 2.28. The van der Waals surface area contributed by atoms with Gasteiger partial charge in [-0.05, 0) is 73.1 Å². The first-order valence-electron chi connectivity index (χ1n) is 11.2. The average Bonchev–Trinajstić information content (AvgIpc) is 2.72. The van der Waals surface area contributed by atoms with Gasteiger partial charge in [-0.1, -0.05) is 50.8 Å². The minimum atomic E-state index is -0.313. The van der Waals surface area contributed by atoms with Crippen molar-refractivity contribution in [3.8, 4) is 0 Å². The monoisotopic (exact) mass is 384 g/mol. The van der Waals surface area contributed by atoms with Crippen LogP contribution >= 0.6 is 0 Å². The summed E-state index contributed by atoms with van der Waals surface area (Å²) in [4.78, 5) is 11.7. The number of ether oxygens (including phenoxy) is 1. The molecule has 2 aliphatic rings. The highest BCUT2D eigenvalue weighted by molar-refractivity contribution is 5.86. The van der Waals surface area contributed by atoms with Crippen LogP contribution in [0.2, 0.25) is 0 Å². The van der Waals surface area contributed by atoms with Gasteiger partial charge in [0.05, 0.1) is 6.61 Å². The number of aliphatic hydroxyl groups excluding tert-OH is 1. The lowest BCUT2D eigenvalue weighted by Gasteiger charge is -2.34. The quantitative estimate of drug-likeness (QED) is 0.509. The summed E-state index contributed by atoms with van der Waals surface area (Å²) in [5, 5.41) is 9.27. The summed E-state index contributed by atoms with van der Waals surface area (Å²) in [6, 6.07) is 4.75. The first kappa shape index (κ1) is 21.1. The number of fused-ring (bicyclic) bond motifs is 1. The molecular formula is C25H36O3. The van der Waals surface area contributed by atoms with E-state index in [1.54, 1.807) is 6.92 Å². The maximum absolute atomic E-state index is 11.7. The molecule has 3 nitrogen and oxygen atoms in total. The van der Waals surface area contributed by atoms with Gasteiger partial charge in [-0.25, -0.2) is 4.79 Å². The summed E-state index contributed by atoms with van der Waals surface area (Å²) in [6.45, 7) is 5.93. The maximum atomic E-state index is 11.7. The minimum Gasteiger partial charge on any atom is -0.462 e. The molecule has 0 bridgehead atoms. The minimum absolute atomic E-state index is 0.213. The van der Waals surface area contributed by atoms with Crippen molar-refractivity contribution in [3.63, 3.8) is 0 Å². The van der Waals surface area contributed by atoms with Gasteiger partial charge in [0.2, 0.25) is 0 Å². The number of rotatable bonds is 8. The molecule has 1 aromatic rings. The van der Waals surface area contributed by atoms with Crippen molar-refractivity contribution in [2.75, 3.05) is 13.2 Å². The van der Waals surface area contributed by atoms with Crippen LogP contribution < -0.4 is 0 Å². The lowest BCUT2D eigenvalue weighted by Crippen LogP contribution is -2.25. The number of carbonyl (C=O) groups excluding carboxylic acids is 1. The number of aliphatic hydroxyl groups is 1. The molecule has 1 saturated carbocycles. The molecule has 3 rings (SSSR count). The van der Waals surface area contributed by atoms with Crippen molar-refractivity contribution in [3.05, 3.63) is 46.5 Å². The van der Waals surface area contributed by atoms with Crippen molar-refractivity contribution in [1.82, 2.24) is 0 Å². The van der Waals surface area contributed by atoms with Gasteiger partial charge in [0.1, 0.15) is 0 Å². The van der Waals surface area contributed by atoms with Crippen LogP contribution in [-0.2, 0) is 35.2 Å². The Hall–Kier alpha value is -1.61. The Labute approximate surface area is 170 Å². The SMILES string of the molecule is C=C(C)C(=O)OCCc1cc2c(cc1CCCO)CCC(C1CCCCC1)C2. The van der Waals surface area contributed by atoms with E-state index in [4.69, 9.17) is 4.74 Å². The fraction of sp³-hybridized carbons (Fsp3) is 0.640. The van der Waals surface area contributed by atoms with Crippen molar-refractivity contribution in [2.45, 2.75) is 77.6 Å². The molecule has 0 spiro atoms. The molecule has 1 N–H and O–H groups in total. The third-order valence-corrected chi connectivity index (χ3v) is 6.66. The van der Waals surface area contributed by atoms with Crippen molar-refractivity contribution in [2.24, 2.45) is 11.8 Å². The zero-order valence-corrected chi connectivity index (χ0v) is 17.5. The van der Waals surface area contributed by atoms with E-state index in [0.717, 1.165) is 31.1 Å². The lowest BCUT2D eigenvalue weighted by molar-refractivity contribution is -0.138. The van der Waals surface area contributed by atoms with Gasteiger partial charge in [0.15, 0.2) is 0 Å². The topological polar surface area (TPSA) is 46.5 Å². The Balaban J connectivity index is 1.72. The van der Waals surface area contributed by atoms with Crippen LogP contribution in [0.3, 0.4) is 0 Å². The van der Waals surface area contributed by atoms with Gasteiger partial charge in [-0.2, -0.15) is 0 Å². The molecule has 0 radical (unpaired) electrons. The number of hydrogen-bond donors (Lipinski definition) is 1. The van der Waals surface area contributed by atoms with E-state index < -0.39 is 0 Å². The second-order valence-electron chi connectivity index (χ2n) is 8.78. The van der Waals surface area contributed by atoms with Crippen LogP contribution in [0.5, 0.6) is 0 Å². The highest BCUT2D eigenvalue weighted by atomic mass is 16.5. The van der Waals surface area contributed by atoms with E-state index in [1.807, 2.05) is 0 Å². The molecule has 28 heavy (non-hydrogen) atoms. The second kappa shape index (κ2) is 10.2. The molecule has 0 saturated heterocycles. The fourth-order valence-corrected chi connectivity index (χ4v) is 5.06. The molecule has 1 aromatic carbocycles. The molecule has 0 aliphatic heterocycles. The summed E-state index contributed by atoms with van der Waals surface area (Å²) < 4.78 is 5.34. The highest BCUT2D eigenvalue weighted by Crippen LogP contribution is 2.38. The summed E-state index contributed by atoms with van der Waals surface area (Å²) in [6.07, 6.45) is 13.2. The van der Waals surface area contributed by atoms with Crippen LogP contribution in [0.1, 0.15) is 74.1 Å². The van der Waals surface area contributed by atoms with Crippen LogP contribution in [-0.4, -0.2) is 24.3 Å². The van der Waals surface area contributed by atoms with Crippen molar-refractivity contribution < 1.29 is 14.6 Å². The molecule has 1 atom stereocenters. The summed E-state index contributed by atoms with van der Waals surface area (Å²) in [5.41, 5.74) is 6.06. The Morgan fingerprint density at radius 1 is 1.07 bits per heavy atom. The van der Waals surface area contributed by atoms with Crippen LogP contribution in [0, 0.1) is 11.8 Å².